The first-order chi connectivity index (χ1) is 20.9. The van der Waals surface area contributed by atoms with Crippen LogP contribution in [0.25, 0.3) is 0 Å². The molecule has 0 atom stereocenters. The Bertz CT molecular complexity index is 1410. The zero-order valence-electron chi connectivity index (χ0n) is 24.1. The molecule has 2 saturated heterocycles. The van der Waals surface area contributed by atoms with Crippen LogP contribution in [-0.4, -0.2) is 72.9 Å². The lowest BCUT2D eigenvalue weighted by Crippen LogP contribution is -2.59. The van der Waals surface area contributed by atoms with Gasteiger partial charge in [-0.25, -0.2) is 4.79 Å². The van der Waals surface area contributed by atoms with E-state index in [0.717, 1.165) is 63.0 Å². The van der Waals surface area contributed by atoms with E-state index in [0.29, 0.717) is 65.6 Å². The number of allylic oxidation sites excluding steroid dienone is 1. The first-order valence-corrected chi connectivity index (χ1v) is 15.3. The Morgan fingerprint density at radius 2 is 1.81 bits per heavy atom. The van der Waals surface area contributed by atoms with Crippen LogP contribution in [0.5, 0.6) is 0 Å². The van der Waals surface area contributed by atoms with Crippen LogP contribution in [0.2, 0.25) is 5.02 Å². The molecule has 4 N–H and O–H groups in total. The van der Waals surface area contributed by atoms with Gasteiger partial charge in [-0.1, -0.05) is 11.6 Å². The molecule has 3 fully saturated rings. The molecule has 6 rings (SSSR count). The molecule has 1 amide bonds. The molecule has 1 saturated carbocycles. The molecule has 0 unspecified atom stereocenters. The number of piperidine rings is 2. The number of hydrogen-bond donors (Lipinski definition) is 4. The lowest BCUT2D eigenvalue weighted by Gasteiger charge is -2.38. The van der Waals surface area contributed by atoms with Crippen LogP contribution in [0.15, 0.2) is 40.9 Å². The van der Waals surface area contributed by atoms with Crippen molar-refractivity contribution in [3.8, 4) is 12.1 Å². The van der Waals surface area contributed by atoms with Crippen molar-refractivity contribution in [2.75, 3.05) is 43.1 Å². The number of rotatable bonds is 8. The number of halogens is 1. The van der Waals surface area contributed by atoms with E-state index in [-0.39, 0.29) is 6.09 Å². The zero-order chi connectivity index (χ0) is 29.9. The average Bonchev–Trinajstić information content (AvgIpc) is 3.74. The largest absolute Gasteiger partial charge is 0.450 e. The summed E-state index contributed by atoms with van der Waals surface area (Å²) in [6.07, 6.45) is 9.04. The van der Waals surface area contributed by atoms with Crippen LogP contribution in [0.4, 0.5) is 16.2 Å². The highest BCUT2D eigenvalue weighted by atomic mass is 35.5. The normalized spacial score (nSPS) is 21.3. The summed E-state index contributed by atoms with van der Waals surface area (Å²) in [6.45, 7) is 5.24. The average molecular weight is 606 g/mol. The topological polar surface area (TPSA) is 150 Å². The highest BCUT2D eigenvalue weighted by Crippen LogP contribution is 2.36. The Labute approximate surface area is 256 Å². The van der Waals surface area contributed by atoms with E-state index >= 15 is 0 Å². The number of anilines is 2. The molecule has 1 aromatic rings. The molecule has 43 heavy (non-hydrogen) atoms. The van der Waals surface area contributed by atoms with Crippen molar-refractivity contribution in [3.63, 3.8) is 0 Å². The molecule has 13 nitrogen and oxygen atoms in total. The van der Waals surface area contributed by atoms with Crippen LogP contribution in [0, 0.1) is 22.7 Å². The van der Waals surface area contributed by atoms with Crippen molar-refractivity contribution in [2.24, 2.45) is 4.99 Å². The summed E-state index contributed by atoms with van der Waals surface area (Å²) in [6, 6.07) is 9.13. The van der Waals surface area contributed by atoms with Gasteiger partial charge in [0, 0.05) is 54.8 Å². The third-order valence-corrected chi connectivity index (χ3v) is 8.67. The van der Waals surface area contributed by atoms with E-state index in [4.69, 9.17) is 16.3 Å². The predicted octanol–water partition coefficient (Wildman–Crippen LogP) is 2.96. The van der Waals surface area contributed by atoms with Gasteiger partial charge < -0.3 is 25.2 Å². The van der Waals surface area contributed by atoms with E-state index in [2.05, 4.69) is 43.6 Å². The van der Waals surface area contributed by atoms with Gasteiger partial charge >= 0.3 is 17.6 Å². The number of carbonyl (C=O) groups is 1. The van der Waals surface area contributed by atoms with E-state index in [1.165, 1.54) is 6.20 Å². The minimum Gasteiger partial charge on any atom is -0.450 e. The molecular weight excluding hydrogens is 570 g/mol. The predicted molar refractivity (Wildman–Crippen MR) is 162 cm³/mol. The van der Waals surface area contributed by atoms with Gasteiger partial charge in [-0.3, -0.25) is 5.43 Å². The van der Waals surface area contributed by atoms with Gasteiger partial charge in [0.2, 0.25) is 0 Å². The summed E-state index contributed by atoms with van der Waals surface area (Å²) in [7, 11) is 0. The Morgan fingerprint density at radius 3 is 2.47 bits per heavy atom. The Hall–Kier alpha value is -4.01. The maximum Gasteiger partial charge on any atom is 0.409 e. The number of benzene rings is 1. The first kappa shape index (κ1) is 29.1. The van der Waals surface area contributed by atoms with E-state index < -0.39 is 0 Å². The third kappa shape index (κ3) is 6.50. The summed E-state index contributed by atoms with van der Waals surface area (Å²) in [5.74, 6) is 0.625. The molecule has 1 radical (unpaired) electrons. The molecule has 4 aliphatic heterocycles. The first-order valence-electron chi connectivity index (χ1n) is 14.9. The second kappa shape index (κ2) is 12.7. The number of hydrogen-bond acceptors (Lipinski definition) is 12. The number of aliphatic imine (C=N–C) groups is 1. The summed E-state index contributed by atoms with van der Waals surface area (Å²) in [5.41, 5.74) is 9.44. The number of amides is 1. The fourth-order valence-corrected chi connectivity index (χ4v) is 6.10. The number of nitrogens with one attached hydrogen (secondary N) is 4. The lowest BCUT2D eigenvalue weighted by atomic mass is 9.99. The highest BCUT2D eigenvalue weighted by molar-refractivity contribution is 6.36. The smallest absolute Gasteiger partial charge is 0.409 e. The van der Waals surface area contributed by atoms with E-state index in [9.17, 15) is 15.3 Å². The van der Waals surface area contributed by atoms with Crippen LogP contribution in [0.3, 0.4) is 0 Å². The number of nitrogens with zero attached hydrogens (tertiary/aromatic N) is 7. The summed E-state index contributed by atoms with van der Waals surface area (Å²) >= 11 is 6.98. The highest BCUT2D eigenvalue weighted by Gasteiger charge is 2.44. The number of likely N-dealkylation sites (tertiary alicyclic amines) is 1. The van der Waals surface area contributed by atoms with Crippen LogP contribution in [-0.2, 0) is 4.74 Å². The maximum atomic E-state index is 12.0. The van der Waals surface area contributed by atoms with Crippen molar-refractivity contribution < 1.29 is 9.53 Å². The summed E-state index contributed by atoms with van der Waals surface area (Å²) < 4.78 is 5.14. The molecule has 4 heterocycles. The standard InChI is InChI=1S/C29H36ClN11O2/c1-2-43-29(42)39-11-7-22(8-12-39)34-21-5-9-38(10-6-21)26-14-19(15-31)13-24(27(26)30)36-40-18-25(35-20-3-4-20)28-33-17-23(16-32)41(28)37-40/h13-14,17-18,20-22,34-37H,2-12H2,1H3/q+1. The Balaban J connectivity index is 1.10. The molecule has 14 heteroatoms. The van der Waals surface area contributed by atoms with Crippen molar-refractivity contribution in [1.29, 1.82) is 10.5 Å². The second-order valence-corrected chi connectivity index (χ2v) is 11.7. The van der Waals surface area contributed by atoms with Gasteiger partial charge in [0.1, 0.15) is 11.9 Å². The minimum atomic E-state index is -0.222. The van der Waals surface area contributed by atoms with Crippen LogP contribution < -0.4 is 31.5 Å². The summed E-state index contributed by atoms with van der Waals surface area (Å²) in [4.78, 5) is 20.4. The Kier molecular flexibility index (Phi) is 8.58. The summed E-state index contributed by atoms with van der Waals surface area (Å²) in [5, 5.41) is 30.4. The number of amidine groups is 1. The van der Waals surface area contributed by atoms with E-state index in [1.54, 1.807) is 21.1 Å². The molecule has 225 valence electrons. The minimum absolute atomic E-state index is 0.222. The van der Waals surface area contributed by atoms with Crippen molar-refractivity contribution in [3.05, 3.63) is 46.5 Å². The SMILES string of the molecule is CCOC(=O)N1CCC(NC2CCN(c3cc(C#N)cc(NN4C=C(NC5CC5)C5=NC=C(C#N)[N+]5N4)c3Cl)CC2)CC1. The lowest BCUT2D eigenvalue weighted by molar-refractivity contribution is 0.0938. The monoisotopic (exact) mass is 605 g/mol. The molecule has 0 spiro atoms. The number of carbonyl (C=O) groups excluding carboxylic acids is 1. The number of fused-ring (bicyclic) bond motifs is 1. The van der Waals surface area contributed by atoms with Crippen molar-refractivity contribution in [1.82, 2.24) is 31.2 Å². The Morgan fingerprint density at radius 1 is 1.09 bits per heavy atom. The van der Waals surface area contributed by atoms with Gasteiger partial charge in [0.05, 0.1) is 40.8 Å². The van der Waals surface area contributed by atoms with Crippen molar-refractivity contribution in [2.45, 2.75) is 63.6 Å². The van der Waals surface area contributed by atoms with Crippen LogP contribution in [0.1, 0.15) is 51.0 Å². The fraction of sp³-hybridized carbons (Fsp3) is 0.517. The van der Waals surface area contributed by atoms with Crippen LogP contribution >= 0.6 is 11.6 Å². The van der Waals surface area contributed by atoms with Gasteiger partial charge in [-0.15, -0.1) is 0 Å². The van der Waals surface area contributed by atoms with Gasteiger partial charge in [0.25, 0.3) is 0 Å². The van der Waals surface area contributed by atoms with Gasteiger partial charge in [0.15, 0.2) is 6.07 Å². The fourth-order valence-electron chi connectivity index (χ4n) is 5.83. The van der Waals surface area contributed by atoms with Gasteiger partial charge in [-0.05, 0) is 57.6 Å². The number of nitriles is 2. The van der Waals surface area contributed by atoms with Crippen molar-refractivity contribution >= 4 is 34.9 Å². The molecule has 1 aromatic carbocycles. The third-order valence-electron chi connectivity index (χ3n) is 8.27. The quantitative estimate of drug-likeness (QED) is 0.326. The maximum absolute atomic E-state index is 12.0. The molecule has 1 aliphatic carbocycles. The molecule has 0 aromatic heterocycles. The second-order valence-electron chi connectivity index (χ2n) is 11.3. The number of hydrazine groups is 3. The molecular formula is C29H36ClN11O2+. The molecule has 5 aliphatic rings. The number of ether oxygens (including phenoxy) is 1. The molecule has 0 bridgehead atoms. The zero-order valence-corrected chi connectivity index (χ0v) is 24.9. The van der Waals surface area contributed by atoms with Gasteiger partial charge in [-0.2, -0.15) is 20.6 Å². The van der Waals surface area contributed by atoms with E-state index in [1.807, 2.05) is 19.2 Å².